The Balaban J connectivity index is 1.60. The number of carbonyl (C=O) groups is 2. The highest BCUT2D eigenvalue weighted by molar-refractivity contribution is 7.89. The molecule has 0 bridgehead atoms. The minimum Gasteiger partial charge on any atom is -0.481 e. The van der Waals surface area contributed by atoms with Crippen LogP contribution in [0.15, 0.2) is 29.4 Å². The van der Waals surface area contributed by atoms with Crippen molar-refractivity contribution in [1.82, 2.24) is 14.2 Å². The van der Waals surface area contributed by atoms with E-state index in [4.69, 9.17) is 5.11 Å². The molecular formula is C17H23N3O5S. The van der Waals surface area contributed by atoms with Crippen LogP contribution in [0.1, 0.15) is 25.7 Å². The summed E-state index contributed by atoms with van der Waals surface area (Å²) in [7, 11) is -3.59. The van der Waals surface area contributed by atoms with Crippen LogP contribution in [0.5, 0.6) is 0 Å². The molecule has 1 N–H and O–H groups in total. The maximum Gasteiger partial charge on any atom is 0.308 e. The second-order valence-electron chi connectivity index (χ2n) is 6.83. The van der Waals surface area contributed by atoms with E-state index in [0.29, 0.717) is 32.2 Å². The molecule has 1 atom stereocenters. The molecular weight excluding hydrogens is 358 g/mol. The van der Waals surface area contributed by atoms with Crippen molar-refractivity contribution in [1.29, 1.82) is 0 Å². The van der Waals surface area contributed by atoms with Crippen LogP contribution >= 0.6 is 0 Å². The number of aliphatic carboxylic acids is 1. The Morgan fingerprint density at radius 3 is 2.46 bits per heavy atom. The third kappa shape index (κ3) is 3.88. The SMILES string of the molecule is O=C(O)C1CCCN(C(=O)C2CCN(S(=O)(=O)c3cccnc3)CC2)C1. The summed E-state index contributed by atoms with van der Waals surface area (Å²) in [5.41, 5.74) is 0. The van der Waals surface area contributed by atoms with Gasteiger partial charge in [-0.3, -0.25) is 14.6 Å². The van der Waals surface area contributed by atoms with Gasteiger partial charge in [-0.2, -0.15) is 4.31 Å². The molecule has 0 aromatic carbocycles. The predicted molar refractivity (Wildman–Crippen MR) is 92.7 cm³/mol. The summed E-state index contributed by atoms with van der Waals surface area (Å²) in [6.45, 7) is 1.40. The monoisotopic (exact) mass is 381 g/mol. The number of rotatable bonds is 4. The number of hydrogen-bond acceptors (Lipinski definition) is 5. The minimum absolute atomic E-state index is 0.0469. The van der Waals surface area contributed by atoms with Crippen LogP contribution in [0.3, 0.4) is 0 Å². The summed E-state index contributed by atoms with van der Waals surface area (Å²) in [5.74, 6) is -1.66. The number of nitrogens with zero attached hydrogens (tertiary/aromatic N) is 3. The summed E-state index contributed by atoms with van der Waals surface area (Å²) < 4.78 is 26.6. The van der Waals surface area contributed by atoms with Crippen molar-refractivity contribution in [3.8, 4) is 0 Å². The lowest BCUT2D eigenvalue weighted by molar-refractivity contribution is -0.147. The average molecular weight is 381 g/mol. The van der Waals surface area contributed by atoms with Gasteiger partial charge in [-0.1, -0.05) is 0 Å². The average Bonchev–Trinajstić information content (AvgIpc) is 2.68. The number of hydrogen-bond donors (Lipinski definition) is 1. The first kappa shape index (κ1) is 18.8. The van der Waals surface area contributed by atoms with Gasteiger partial charge in [-0.25, -0.2) is 8.42 Å². The second kappa shape index (κ2) is 7.71. The van der Waals surface area contributed by atoms with Gasteiger partial charge < -0.3 is 10.0 Å². The molecule has 2 aliphatic heterocycles. The Morgan fingerprint density at radius 2 is 1.85 bits per heavy atom. The van der Waals surface area contributed by atoms with E-state index < -0.39 is 21.9 Å². The number of piperidine rings is 2. The Kier molecular flexibility index (Phi) is 5.57. The molecule has 1 unspecified atom stereocenters. The molecule has 1 amide bonds. The Labute approximate surface area is 152 Å². The molecule has 3 heterocycles. The van der Waals surface area contributed by atoms with Crippen molar-refractivity contribution in [3.05, 3.63) is 24.5 Å². The number of carbonyl (C=O) groups excluding carboxylic acids is 1. The molecule has 2 fully saturated rings. The second-order valence-corrected chi connectivity index (χ2v) is 8.77. The highest BCUT2D eigenvalue weighted by Gasteiger charge is 2.36. The van der Waals surface area contributed by atoms with Crippen LogP contribution in [0.4, 0.5) is 0 Å². The van der Waals surface area contributed by atoms with Crippen LogP contribution in [0.25, 0.3) is 0 Å². The Morgan fingerprint density at radius 1 is 1.12 bits per heavy atom. The van der Waals surface area contributed by atoms with Gasteiger partial charge in [0.1, 0.15) is 4.90 Å². The molecule has 142 valence electrons. The number of pyridine rings is 1. The molecule has 1 aromatic rings. The van der Waals surface area contributed by atoms with E-state index in [1.54, 1.807) is 11.0 Å². The molecule has 26 heavy (non-hydrogen) atoms. The molecule has 2 saturated heterocycles. The van der Waals surface area contributed by atoms with Crippen molar-refractivity contribution < 1.29 is 23.1 Å². The van der Waals surface area contributed by atoms with Gasteiger partial charge in [-0.05, 0) is 37.8 Å². The van der Waals surface area contributed by atoms with Gasteiger partial charge in [0.05, 0.1) is 5.92 Å². The molecule has 8 nitrogen and oxygen atoms in total. The number of aromatic nitrogens is 1. The molecule has 0 saturated carbocycles. The summed E-state index contributed by atoms with van der Waals surface area (Å²) >= 11 is 0. The van der Waals surface area contributed by atoms with Crippen molar-refractivity contribution >= 4 is 21.9 Å². The van der Waals surface area contributed by atoms with E-state index >= 15 is 0 Å². The lowest BCUT2D eigenvalue weighted by atomic mass is 9.93. The van der Waals surface area contributed by atoms with Gasteiger partial charge in [-0.15, -0.1) is 0 Å². The number of likely N-dealkylation sites (tertiary alicyclic amines) is 1. The first-order chi connectivity index (χ1) is 12.4. The molecule has 2 aliphatic rings. The van der Waals surface area contributed by atoms with E-state index in [9.17, 15) is 18.0 Å². The summed E-state index contributed by atoms with van der Waals surface area (Å²) in [6.07, 6.45) is 5.04. The van der Waals surface area contributed by atoms with E-state index in [2.05, 4.69) is 4.98 Å². The molecule has 0 aliphatic carbocycles. The molecule has 1 aromatic heterocycles. The smallest absolute Gasteiger partial charge is 0.308 e. The van der Waals surface area contributed by atoms with Gasteiger partial charge in [0, 0.05) is 44.5 Å². The van der Waals surface area contributed by atoms with E-state index in [-0.39, 0.29) is 36.4 Å². The topological polar surface area (TPSA) is 108 Å². The molecule has 0 radical (unpaired) electrons. The van der Waals surface area contributed by atoms with Crippen molar-refractivity contribution in [2.24, 2.45) is 11.8 Å². The third-order valence-corrected chi connectivity index (χ3v) is 7.04. The largest absolute Gasteiger partial charge is 0.481 e. The van der Waals surface area contributed by atoms with Crippen molar-refractivity contribution in [3.63, 3.8) is 0 Å². The maximum atomic E-state index is 12.7. The zero-order valence-electron chi connectivity index (χ0n) is 14.5. The number of carboxylic acids is 1. The number of amides is 1. The first-order valence-corrected chi connectivity index (χ1v) is 10.3. The Bertz CT molecular complexity index is 760. The number of carboxylic acid groups (broad SMARTS) is 1. The lowest BCUT2D eigenvalue weighted by Crippen LogP contribution is -2.48. The Hall–Kier alpha value is -2.00. The minimum atomic E-state index is -3.59. The fourth-order valence-electron chi connectivity index (χ4n) is 3.63. The fourth-order valence-corrected chi connectivity index (χ4v) is 5.06. The van der Waals surface area contributed by atoms with E-state index in [1.165, 1.54) is 22.8 Å². The standard InChI is InChI=1S/C17H23N3O5S/c21-16(19-8-2-3-14(12-19)17(22)23)13-5-9-20(10-6-13)26(24,25)15-4-1-7-18-11-15/h1,4,7,11,13-14H,2-3,5-6,8-10,12H2,(H,22,23). The van der Waals surface area contributed by atoms with Crippen LogP contribution in [0.2, 0.25) is 0 Å². The third-order valence-electron chi connectivity index (χ3n) is 5.16. The van der Waals surface area contributed by atoms with Crippen LogP contribution in [-0.4, -0.2) is 65.8 Å². The highest BCUT2D eigenvalue weighted by atomic mass is 32.2. The highest BCUT2D eigenvalue weighted by Crippen LogP contribution is 2.26. The van der Waals surface area contributed by atoms with Crippen molar-refractivity contribution in [2.45, 2.75) is 30.6 Å². The molecule has 3 rings (SSSR count). The summed E-state index contributed by atoms with van der Waals surface area (Å²) in [6, 6.07) is 3.09. The normalized spacial score (nSPS) is 22.9. The summed E-state index contributed by atoms with van der Waals surface area (Å²) in [4.78, 5) is 29.5. The van der Waals surface area contributed by atoms with Gasteiger partial charge in [0.15, 0.2) is 0 Å². The lowest BCUT2D eigenvalue weighted by Gasteiger charge is -2.36. The van der Waals surface area contributed by atoms with Gasteiger partial charge >= 0.3 is 5.97 Å². The van der Waals surface area contributed by atoms with E-state index in [1.807, 2.05) is 0 Å². The number of sulfonamides is 1. The van der Waals surface area contributed by atoms with Gasteiger partial charge in [0.25, 0.3) is 0 Å². The zero-order valence-corrected chi connectivity index (χ0v) is 15.3. The fraction of sp³-hybridized carbons (Fsp3) is 0.588. The predicted octanol–water partition coefficient (Wildman–Crippen LogP) is 0.805. The quantitative estimate of drug-likeness (QED) is 0.827. The van der Waals surface area contributed by atoms with Crippen LogP contribution < -0.4 is 0 Å². The zero-order chi connectivity index (χ0) is 18.7. The summed E-state index contributed by atoms with van der Waals surface area (Å²) in [5, 5.41) is 9.16. The first-order valence-electron chi connectivity index (χ1n) is 8.81. The van der Waals surface area contributed by atoms with Crippen LogP contribution in [-0.2, 0) is 19.6 Å². The van der Waals surface area contributed by atoms with Gasteiger partial charge in [0.2, 0.25) is 15.9 Å². The van der Waals surface area contributed by atoms with E-state index in [0.717, 1.165) is 0 Å². The van der Waals surface area contributed by atoms with Crippen LogP contribution in [0, 0.1) is 11.8 Å². The molecule has 0 spiro atoms. The maximum absolute atomic E-state index is 12.7. The molecule has 9 heteroatoms. The van der Waals surface area contributed by atoms with Crippen molar-refractivity contribution in [2.75, 3.05) is 26.2 Å².